The van der Waals surface area contributed by atoms with Crippen LogP contribution in [-0.4, -0.2) is 45.8 Å². The fourth-order valence-corrected chi connectivity index (χ4v) is 2.54. The molecule has 116 valence electrons. The van der Waals surface area contributed by atoms with Gasteiger partial charge in [-0.2, -0.15) is 0 Å². The summed E-state index contributed by atoms with van der Waals surface area (Å²) in [5, 5.41) is 6.43. The molecule has 2 atom stereocenters. The quantitative estimate of drug-likeness (QED) is 0.838. The molecule has 1 fully saturated rings. The number of ether oxygens (including phenoxy) is 1. The van der Waals surface area contributed by atoms with E-state index in [1.54, 1.807) is 0 Å². The number of nitrogens with one attached hydrogen (secondary N) is 2. The maximum atomic E-state index is 12.5. The first-order chi connectivity index (χ1) is 10.1. The molecule has 0 saturated carbocycles. The van der Waals surface area contributed by atoms with E-state index in [4.69, 9.17) is 4.74 Å². The van der Waals surface area contributed by atoms with Crippen LogP contribution in [0, 0.1) is 5.92 Å². The Morgan fingerprint density at radius 1 is 1.33 bits per heavy atom. The van der Waals surface area contributed by atoms with E-state index in [2.05, 4.69) is 17.6 Å². The van der Waals surface area contributed by atoms with Gasteiger partial charge < -0.3 is 20.3 Å². The zero-order valence-corrected chi connectivity index (χ0v) is 13.1. The van der Waals surface area contributed by atoms with Crippen molar-refractivity contribution in [2.24, 2.45) is 5.92 Å². The third kappa shape index (κ3) is 3.95. The van der Waals surface area contributed by atoms with E-state index in [1.807, 2.05) is 43.3 Å². The Labute approximate surface area is 126 Å². The Kier molecular flexibility index (Phi) is 5.59. The monoisotopic (exact) mass is 291 g/mol. The summed E-state index contributed by atoms with van der Waals surface area (Å²) >= 11 is 0. The average molecular weight is 291 g/mol. The summed E-state index contributed by atoms with van der Waals surface area (Å²) < 4.78 is 5.47. The van der Waals surface area contributed by atoms with Crippen LogP contribution in [0.4, 0.5) is 11.4 Å². The molecule has 2 unspecified atom stereocenters. The van der Waals surface area contributed by atoms with Crippen LogP contribution in [0.3, 0.4) is 0 Å². The smallest absolute Gasteiger partial charge is 0.231 e. The highest BCUT2D eigenvalue weighted by molar-refractivity contribution is 5.96. The molecule has 1 aromatic rings. The minimum atomic E-state index is -0.133. The predicted molar refractivity (Wildman–Crippen MR) is 85.8 cm³/mol. The Balaban J connectivity index is 2.04. The minimum Gasteiger partial charge on any atom is -0.379 e. The standard InChI is InChI=1S/C16H25N3O2/c1-4-9-17-14-11-21-10-12(14)16(20)18-13-7-5-6-8-15(13)19(2)3/h5-8,12,14,17H,4,9-11H2,1-3H3,(H,18,20). The highest BCUT2D eigenvalue weighted by Crippen LogP contribution is 2.25. The van der Waals surface area contributed by atoms with E-state index in [-0.39, 0.29) is 17.9 Å². The Hall–Kier alpha value is -1.59. The third-order valence-electron chi connectivity index (χ3n) is 3.72. The summed E-state index contributed by atoms with van der Waals surface area (Å²) in [7, 11) is 3.94. The zero-order chi connectivity index (χ0) is 15.2. The summed E-state index contributed by atoms with van der Waals surface area (Å²) in [5.74, 6) is -0.109. The van der Waals surface area contributed by atoms with E-state index < -0.39 is 0 Å². The fraction of sp³-hybridized carbons (Fsp3) is 0.562. The van der Waals surface area contributed by atoms with Gasteiger partial charge in [0.25, 0.3) is 0 Å². The lowest BCUT2D eigenvalue weighted by Gasteiger charge is -2.21. The number of rotatable bonds is 6. The molecule has 1 saturated heterocycles. The molecule has 2 N–H and O–H groups in total. The number of nitrogens with zero attached hydrogens (tertiary/aromatic N) is 1. The second kappa shape index (κ2) is 7.43. The molecule has 1 heterocycles. The highest BCUT2D eigenvalue weighted by Gasteiger charge is 2.33. The summed E-state index contributed by atoms with van der Waals surface area (Å²) in [4.78, 5) is 14.5. The summed E-state index contributed by atoms with van der Waals surface area (Å²) in [5.41, 5.74) is 1.84. The van der Waals surface area contributed by atoms with Gasteiger partial charge in [-0.3, -0.25) is 4.79 Å². The van der Waals surface area contributed by atoms with Crippen LogP contribution < -0.4 is 15.5 Å². The summed E-state index contributed by atoms with van der Waals surface area (Å²) in [6.07, 6.45) is 1.05. The predicted octanol–water partition coefficient (Wildman–Crippen LogP) is 1.71. The lowest BCUT2D eigenvalue weighted by molar-refractivity contribution is -0.120. The Morgan fingerprint density at radius 2 is 2.10 bits per heavy atom. The van der Waals surface area contributed by atoms with E-state index in [1.165, 1.54) is 0 Å². The van der Waals surface area contributed by atoms with Crippen LogP contribution in [0.5, 0.6) is 0 Å². The van der Waals surface area contributed by atoms with Crippen LogP contribution in [0.15, 0.2) is 24.3 Å². The van der Waals surface area contributed by atoms with Gasteiger partial charge in [0.05, 0.1) is 30.5 Å². The van der Waals surface area contributed by atoms with Gasteiger partial charge in [0.1, 0.15) is 0 Å². The van der Waals surface area contributed by atoms with Gasteiger partial charge in [0, 0.05) is 20.1 Å². The number of hydrogen-bond acceptors (Lipinski definition) is 4. The molecular weight excluding hydrogens is 266 g/mol. The number of anilines is 2. The number of benzene rings is 1. The molecule has 0 spiro atoms. The molecule has 1 amide bonds. The normalized spacial score (nSPS) is 21.3. The maximum absolute atomic E-state index is 12.5. The van der Waals surface area contributed by atoms with Gasteiger partial charge in [-0.15, -0.1) is 0 Å². The molecule has 1 aromatic carbocycles. The van der Waals surface area contributed by atoms with Gasteiger partial charge >= 0.3 is 0 Å². The molecule has 0 aromatic heterocycles. The van der Waals surface area contributed by atoms with E-state index in [9.17, 15) is 4.79 Å². The van der Waals surface area contributed by atoms with E-state index in [0.717, 1.165) is 24.3 Å². The first-order valence-corrected chi connectivity index (χ1v) is 7.51. The molecule has 0 bridgehead atoms. The van der Waals surface area contributed by atoms with Crippen molar-refractivity contribution >= 4 is 17.3 Å². The van der Waals surface area contributed by atoms with Crippen LogP contribution in [0.1, 0.15) is 13.3 Å². The van der Waals surface area contributed by atoms with Crippen molar-refractivity contribution in [3.63, 3.8) is 0 Å². The summed E-state index contributed by atoms with van der Waals surface area (Å²) in [6.45, 7) is 4.11. The molecule has 1 aliphatic heterocycles. The molecule has 0 aliphatic carbocycles. The number of para-hydroxylation sites is 2. The fourth-order valence-electron chi connectivity index (χ4n) is 2.54. The van der Waals surface area contributed by atoms with Crippen LogP contribution in [-0.2, 0) is 9.53 Å². The number of carbonyl (C=O) groups is 1. The largest absolute Gasteiger partial charge is 0.379 e. The van der Waals surface area contributed by atoms with Crippen LogP contribution >= 0.6 is 0 Å². The second-order valence-electron chi connectivity index (χ2n) is 5.61. The highest BCUT2D eigenvalue weighted by atomic mass is 16.5. The molecule has 1 aliphatic rings. The van der Waals surface area contributed by atoms with E-state index in [0.29, 0.717) is 13.2 Å². The maximum Gasteiger partial charge on any atom is 0.231 e. The van der Waals surface area contributed by atoms with Crippen molar-refractivity contribution in [3.05, 3.63) is 24.3 Å². The van der Waals surface area contributed by atoms with Crippen molar-refractivity contribution < 1.29 is 9.53 Å². The number of hydrogen-bond donors (Lipinski definition) is 2. The molecular formula is C16H25N3O2. The zero-order valence-electron chi connectivity index (χ0n) is 13.1. The SMILES string of the molecule is CCCNC1COCC1C(=O)Nc1ccccc1N(C)C. The van der Waals surface area contributed by atoms with Gasteiger partial charge in [-0.05, 0) is 25.1 Å². The van der Waals surface area contributed by atoms with Crippen molar-refractivity contribution in [1.82, 2.24) is 5.32 Å². The van der Waals surface area contributed by atoms with Crippen LogP contribution in [0.2, 0.25) is 0 Å². The average Bonchev–Trinajstić information content (AvgIpc) is 2.94. The number of carbonyl (C=O) groups excluding carboxylic acids is 1. The third-order valence-corrected chi connectivity index (χ3v) is 3.72. The first-order valence-electron chi connectivity index (χ1n) is 7.51. The van der Waals surface area contributed by atoms with E-state index >= 15 is 0 Å². The van der Waals surface area contributed by atoms with Crippen molar-refractivity contribution in [2.45, 2.75) is 19.4 Å². The lowest BCUT2D eigenvalue weighted by atomic mass is 10.0. The molecule has 21 heavy (non-hydrogen) atoms. The number of amides is 1. The lowest BCUT2D eigenvalue weighted by Crippen LogP contribution is -2.41. The second-order valence-corrected chi connectivity index (χ2v) is 5.61. The van der Waals surface area contributed by atoms with Gasteiger partial charge in [-0.1, -0.05) is 19.1 Å². The molecule has 0 radical (unpaired) electrons. The van der Waals surface area contributed by atoms with Crippen molar-refractivity contribution in [1.29, 1.82) is 0 Å². The minimum absolute atomic E-state index is 0.0235. The molecule has 5 heteroatoms. The molecule has 5 nitrogen and oxygen atoms in total. The topological polar surface area (TPSA) is 53.6 Å². The Bertz CT molecular complexity index is 476. The van der Waals surface area contributed by atoms with Crippen LogP contribution in [0.25, 0.3) is 0 Å². The Morgan fingerprint density at radius 3 is 2.81 bits per heavy atom. The van der Waals surface area contributed by atoms with Gasteiger partial charge in [-0.25, -0.2) is 0 Å². The first kappa shape index (κ1) is 15.8. The van der Waals surface area contributed by atoms with Gasteiger partial charge in [0.2, 0.25) is 5.91 Å². The molecule has 2 rings (SSSR count). The van der Waals surface area contributed by atoms with Crippen molar-refractivity contribution in [2.75, 3.05) is 44.1 Å². The summed E-state index contributed by atoms with van der Waals surface area (Å²) in [6, 6.07) is 7.93. The van der Waals surface area contributed by atoms with Gasteiger partial charge in [0.15, 0.2) is 0 Å². The van der Waals surface area contributed by atoms with Crippen molar-refractivity contribution in [3.8, 4) is 0 Å².